The molecule has 2 rings (SSSR count). The summed E-state index contributed by atoms with van der Waals surface area (Å²) in [6.07, 6.45) is 0. The summed E-state index contributed by atoms with van der Waals surface area (Å²) in [5, 5.41) is 2.74. The lowest BCUT2D eigenvalue weighted by molar-refractivity contribution is 0.0784. The molecule has 0 heterocycles. The quantitative estimate of drug-likeness (QED) is 0.795. The second kappa shape index (κ2) is 8.84. The number of nitrogens with zero attached hydrogens (tertiary/aromatic N) is 1. The van der Waals surface area contributed by atoms with Gasteiger partial charge in [-0.3, -0.25) is 9.59 Å². The Morgan fingerprint density at radius 1 is 1.00 bits per heavy atom. The summed E-state index contributed by atoms with van der Waals surface area (Å²) in [5.41, 5.74) is 2.15. The molecule has 0 aromatic heterocycles. The predicted molar refractivity (Wildman–Crippen MR) is 92.9 cm³/mol. The Hall–Kier alpha value is -2.66. The van der Waals surface area contributed by atoms with Crippen LogP contribution < -0.4 is 5.32 Å². The van der Waals surface area contributed by atoms with Crippen molar-refractivity contribution in [3.63, 3.8) is 0 Å². The molecule has 0 saturated carbocycles. The zero-order valence-electron chi connectivity index (χ0n) is 14.0. The molecule has 2 aromatic carbocycles. The second-order valence-corrected chi connectivity index (χ2v) is 5.47. The van der Waals surface area contributed by atoms with Gasteiger partial charge in [0, 0.05) is 38.4 Å². The molecule has 0 aliphatic rings. The summed E-state index contributed by atoms with van der Waals surface area (Å²) in [7, 11) is 3.35. The number of nitrogens with one attached hydrogen (secondary N) is 1. The first-order chi connectivity index (χ1) is 11.6. The molecular formula is C19H22N2O3. The van der Waals surface area contributed by atoms with Crippen molar-refractivity contribution < 1.29 is 14.3 Å². The van der Waals surface area contributed by atoms with Crippen LogP contribution in [0.15, 0.2) is 54.6 Å². The molecule has 24 heavy (non-hydrogen) atoms. The first kappa shape index (κ1) is 17.7. The Morgan fingerprint density at radius 3 is 2.25 bits per heavy atom. The minimum Gasteiger partial charge on any atom is -0.383 e. The zero-order valence-corrected chi connectivity index (χ0v) is 14.0. The lowest BCUT2D eigenvalue weighted by Gasteiger charge is -2.17. The molecule has 0 spiro atoms. The van der Waals surface area contributed by atoms with Gasteiger partial charge in [-0.1, -0.05) is 30.3 Å². The smallest absolute Gasteiger partial charge is 0.253 e. The van der Waals surface area contributed by atoms with Crippen molar-refractivity contribution in [1.29, 1.82) is 0 Å². The van der Waals surface area contributed by atoms with E-state index in [1.165, 1.54) is 0 Å². The second-order valence-electron chi connectivity index (χ2n) is 5.47. The summed E-state index contributed by atoms with van der Waals surface area (Å²) in [5.74, 6) is -0.256. The van der Waals surface area contributed by atoms with Gasteiger partial charge in [0.25, 0.3) is 11.8 Å². The largest absolute Gasteiger partial charge is 0.383 e. The maximum atomic E-state index is 12.4. The highest BCUT2D eigenvalue weighted by Gasteiger charge is 2.13. The Balaban J connectivity index is 1.96. The molecule has 0 bridgehead atoms. The molecule has 5 nitrogen and oxygen atoms in total. The Kier molecular flexibility index (Phi) is 6.51. The molecule has 2 aromatic rings. The fraction of sp³-hybridized carbons (Fsp3) is 0.263. The number of carbonyl (C=O) groups is 2. The standard InChI is InChI=1S/C19H22N2O3/c1-21(14-15-6-4-3-5-7-15)19(23)17-10-8-16(9-11-17)18(22)20-12-13-24-2/h3-11H,12-14H2,1-2H3,(H,20,22). The highest BCUT2D eigenvalue weighted by molar-refractivity contribution is 5.97. The highest BCUT2D eigenvalue weighted by Crippen LogP contribution is 2.10. The maximum Gasteiger partial charge on any atom is 0.253 e. The fourth-order valence-corrected chi connectivity index (χ4v) is 2.28. The lowest BCUT2D eigenvalue weighted by atomic mass is 10.1. The molecule has 2 amide bonds. The third-order valence-corrected chi connectivity index (χ3v) is 3.60. The van der Waals surface area contributed by atoms with Gasteiger partial charge in [0.2, 0.25) is 0 Å². The van der Waals surface area contributed by atoms with Crippen molar-refractivity contribution >= 4 is 11.8 Å². The van der Waals surface area contributed by atoms with E-state index < -0.39 is 0 Å². The fourth-order valence-electron chi connectivity index (χ4n) is 2.28. The summed E-state index contributed by atoms with van der Waals surface area (Å²) in [6, 6.07) is 16.5. The summed E-state index contributed by atoms with van der Waals surface area (Å²) in [6.45, 7) is 1.46. The van der Waals surface area contributed by atoms with Gasteiger partial charge in [-0.25, -0.2) is 0 Å². The van der Waals surface area contributed by atoms with Crippen molar-refractivity contribution in [3.8, 4) is 0 Å². The SMILES string of the molecule is COCCNC(=O)c1ccc(C(=O)N(C)Cc2ccccc2)cc1. The molecule has 126 valence electrons. The third kappa shape index (κ3) is 4.93. The molecule has 5 heteroatoms. The van der Waals surface area contributed by atoms with E-state index in [4.69, 9.17) is 4.74 Å². The van der Waals surface area contributed by atoms with Gasteiger partial charge < -0.3 is 15.0 Å². The van der Waals surface area contributed by atoms with Crippen LogP contribution in [0.2, 0.25) is 0 Å². The molecule has 0 aliphatic heterocycles. The summed E-state index contributed by atoms with van der Waals surface area (Å²) in [4.78, 5) is 26.0. The van der Waals surface area contributed by atoms with Crippen LogP contribution in [0.25, 0.3) is 0 Å². The number of benzene rings is 2. The van der Waals surface area contributed by atoms with Gasteiger partial charge in [-0.15, -0.1) is 0 Å². The summed E-state index contributed by atoms with van der Waals surface area (Å²) < 4.78 is 4.89. The number of hydrogen-bond acceptors (Lipinski definition) is 3. The topological polar surface area (TPSA) is 58.6 Å². The zero-order chi connectivity index (χ0) is 17.4. The maximum absolute atomic E-state index is 12.4. The van der Waals surface area contributed by atoms with Crippen LogP contribution in [0.3, 0.4) is 0 Å². The van der Waals surface area contributed by atoms with Crippen molar-refractivity contribution in [3.05, 3.63) is 71.3 Å². The Labute approximate surface area is 142 Å². The summed E-state index contributed by atoms with van der Waals surface area (Å²) >= 11 is 0. The van der Waals surface area contributed by atoms with Crippen molar-refractivity contribution in [2.45, 2.75) is 6.54 Å². The number of carbonyl (C=O) groups excluding carboxylic acids is 2. The van der Waals surface area contributed by atoms with Gasteiger partial charge in [0.15, 0.2) is 0 Å². The first-order valence-electron chi connectivity index (χ1n) is 7.78. The number of methoxy groups -OCH3 is 1. The Bertz CT molecular complexity index is 669. The number of amides is 2. The van der Waals surface area contributed by atoms with Crippen LogP contribution in [-0.4, -0.2) is 44.0 Å². The monoisotopic (exact) mass is 326 g/mol. The van der Waals surface area contributed by atoms with Gasteiger partial charge in [-0.05, 0) is 29.8 Å². The van der Waals surface area contributed by atoms with E-state index in [0.717, 1.165) is 5.56 Å². The van der Waals surface area contributed by atoms with Gasteiger partial charge >= 0.3 is 0 Å². The van der Waals surface area contributed by atoms with Crippen LogP contribution in [0.1, 0.15) is 26.3 Å². The van der Waals surface area contributed by atoms with E-state index in [-0.39, 0.29) is 11.8 Å². The highest BCUT2D eigenvalue weighted by atomic mass is 16.5. The van der Waals surface area contributed by atoms with Gasteiger partial charge in [0.1, 0.15) is 0 Å². The van der Waals surface area contributed by atoms with Crippen LogP contribution in [0, 0.1) is 0 Å². The molecule has 0 unspecified atom stereocenters. The van der Waals surface area contributed by atoms with Crippen LogP contribution in [-0.2, 0) is 11.3 Å². The van der Waals surface area contributed by atoms with E-state index in [1.54, 1.807) is 43.3 Å². The van der Waals surface area contributed by atoms with E-state index >= 15 is 0 Å². The molecule has 0 fully saturated rings. The average molecular weight is 326 g/mol. The van der Waals surface area contributed by atoms with Crippen molar-refractivity contribution in [2.75, 3.05) is 27.3 Å². The molecule has 0 saturated heterocycles. The number of rotatable bonds is 7. The van der Waals surface area contributed by atoms with E-state index in [0.29, 0.717) is 30.8 Å². The number of ether oxygens (including phenoxy) is 1. The van der Waals surface area contributed by atoms with Crippen molar-refractivity contribution in [1.82, 2.24) is 10.2 Å². The average Bonchev–Trinajstić information content (AvgIpc) is 2.62. The molecule has 0 radical (unpaired) electrons. The van der Waals surface area contributed by atoms with E-state index in [9.17, 15) is 9.59 Å². The third-order valence-electron chi connectivity index (χ3n) is 3.60. The van der Waals surface area contributed by atoms with Crippen molar-refractivity contribution in [2.24, 2.45) is 0 Å². The molecule has 0 aliphatic carbocycles. The minimum absolute atomic E-state index is 0.0785. The van der Waals surface area contributed by atoms with E-state index in [2.05, 4.69) is 5.32 Å². The van der Waals surface area contributed by atoms with Gasteiger partial charge in [-0.2, -0.15) is 0 Å². The molecular weight excluding hydrogens is 304 g/mol. The van der Waals surface area contributed by atoms with Crippen LogP contribution in [0.5, 0.6) is 0 Å². The van der Waals surface area contributed by atoms with Gasteiger partial charge in [0.05, 0.1) is 6.61 Å². The van der Waals surface area contributed by atoms with Crippen LogP contribution >= 0.6 is 0 Å². The molecule has 0 atom stereocenters. The Morgan fingerprint density at radius 2 is 1.62 bits per heavy atom. The molecule has 1 N–H and O–H groups in total. The predicted octanol–water partition coefficient (Wildman–Crippen LogP) is 2.33. The van der Waals surface area contributed by atoms with E-state index in [1.807, 2.05) is 30.3 Å². The van der Waals surface area contributed by atoms with Crippen LogP contribution in [0.4, 0.5) is 0 Å². The first-order valence-corrected chi connectivity index (χ1v) is 7.78. The lowest BCUT2D eigenvalue weighted by Crippen LogP contribution is -2.28. The minimum atomic E-state index is -0.177. The normalized spacial score (nSPS) is 10.2. The number of hydrogen-bond donors (Lipinski definition) is 1.